The summed E-state index contributed by atoms with van der Waals surface area (Å²) in [4.78, 5) is 18.7. The van der Waals surface area contributed by atoms with Gasteiger partial charge in [0.25, 0.3) is 0 Å². The highest BCUT2D eigenvalue weighted by molar-refractivity contribution is 9.10. The lowest BCUT2D eigenvalue weighted by atomic mass is 9.95. The van der Waals surface area contributed by atoms with Gasteiger partial charge >= 0.3 is 5.97 Å². The van der Waals surface area contributed by atoms with Crippen molar-refractivity contribution in [3.8, 4) is 0 Å². The lowest BCUT2D eigenvalue weighted by Gasteiger charge is -2.23. The fourth-order valence-corrected chi connectivity index (χ4v) is 5.16. The van der Waals surface area contributed by atoms with Gasteiger partial charge in [-0.1, -0.05) is 34.1 Å². The van der Waals surface area contributed by atoms with Crippen LogP contribution in [0.2, 0.25) is 0 Å². The Morgan fingerprint density at radius 1 is 1.33 bits per heavy atom. The highest BCUT2D eigenvalue weighted by atomic mass is 79.9. The normalized spacial score (nSPS) is 19.8. The van der Waals surface area contributed by atoms with E-state index in [-0.39, 0.29) is 12.3 Å². The van der Waals surface area contributed by atoms with Crippen molar-refractivity contribution in [3.05, 3.63) is 57.7 Å². The first-order valence-corrected chi connectivity index (χ1v) is 11.8. The fourth-order valence-electron chi connectivity index (χ4n) is 4.75. The van der Waals surface area contributed by atoms with Gasteiger partial charge in [-0.05, 0) is 73.9 Å². The standard InChI is InChI=1S/C24H30BrN3O2/c25-21-5-1-3-19(13-21)20(14-23(29)30)16-28-12-10-17(15-28)6-8-22-9-7-18-4-2-11-26-24(18)27-22/h1,3,5,7,9,13,17,20H,2,4,6,8,10-12,14-16H2,(H,26,27)(H,29,30)/t17-,20-/m1/s1. The van der Waals surface area contributed by atoms with Crippen LogP contribution in [-0.4, -0.2) is 47.1 Å². The van der Waals surface area contributed by atoms with Crippen molar-refractivity contribution in [1.29, 1.82) is 0 Å². The first kappa shape index (κ1) is 21.3. The van der Waals surface area contributed by atoms with E-state index in [2.05, 4.69) is 44.3 Å². The van der Waals surface area contributed by atoms with Crippen LogP contribution in [-0.2, 0) is 17.6 Å². The van der Waals surface area contributed by atoms with Crippen molar-refractivity contribution in [2.45, 2.75) is 44.4 Å². The maximum atomic E-state index is 11.4. The molecule has 6 heteroatoms. The molecule has 0 saturated carbocycles. The monoisotopic (exact) mass is 471 g/mol. The summed E-state index contributed by atoms with van der Waals surface area (Å²) in [7, 11) is 0. The molecule has 5 nitrogen and oxygen atoms in total. The fraction of sp³-hybridized carbons (Fsp3) is 0.500. The van der Waals surface area contributed by atoms with Crippen LogP contribution in [0, 0.1) is 5.92 Å². The van der Waals surface area contributed by atoms with Crippen molar-refractivity contribution in [3.63, 3.8) is 0 Å². The number of likely N-dealkylation sites (tertiary alicyclic amines) is 1. The van der Waals surface area contributed by atoms with Gasteiger partial charge in [0, 0.05) is 35.7 Å². The number of pyridine rings is 1. The van der Waals surface area contributed by atoms with E-state index in [0.717, 1.165) is 61.3 Å². The summed E-state index contributed by atoms with van der Waals surface area (Å²) in [6.45, 7) is 3.93. The van der Waals surface area contributed by atoms with Crippen LogP contribution in [0.5, 0.6) is 0 Å². The molecule has 1 aromatic carbocycles. The number of aryl methyl sites for hydroxylation is 2. The van der Waals surface area contributed by atoms with Gasteiger partial charge in [0.1, 0.15) is 5.82 Å². The lowest BCUT2D eigenvalue weighted by molar-refractivity contribution is -0.137. The van der Waals surface area contributed by atoms with E-state index in [0.29, 0.717) is 5.92 Å². The number of fused-ring (bicyclic) bond motifs is 1. The number of hydrogen-bond acceptors (Lipinski definition) is 4. The molecule has 1 fully saturated rings. The van der Waals surface area contributed by atoms with E-state index in [1.807, 2.05) is 18.2 Å². The molecule has 0 amide bonds. The van der Waals surface area contributed by atoms with E-state index in [1.165, 1.54) is 24.1 Å². The number of aromatic nitrogens is 1. The minimum absolute atomic E-state index is 0.0205. The van der Waals surface area contributed by atoms with Crippen molar-refractivity contribution in [2.75, 3.05) is 31.5 Å². The third-order valence-corrected chi connectivity index (χ3v) is 6.84. The molecule has 160 valence electrons. The first-order chi connectivity index (χ1) is 14.6. The molecule has 0 aliphatic carbocycles. The zero-order valence-corrected chi connectivity index (χ0v) is 18.9. The second kappa shape index (κ2) is 9.92. The average Bonchev–Trinajstić information content (AvgIpc) is 3.19. The molecule has 1 saturated heterocycles. The summed E-state index contributed by atoms with van der Waals surface area (Å²) in [5.74, 6) is 1.02. The first-order valence-electron chi connectivity index (χ1n) is 11.0. The molecule has 30 heavy (non-hydrogen) atoms. The van der Waals surface area contributed by atoms with E-state index in [4.69, 9.17) is 4.98 Å². The molecular weight excluding hydrogens is 442 g/mol. The molecule has 4 rings (SSSR count). The second-order valence-corrected chi connectivity index (χ2v) is 9.56. The molecule has 0 spiro atoms. The van der Waals surface area contributed by atoms with Crippen LogP contribution in [0.4, 0.5) is 5.82 Å². The maximum absolute atomic E-state index is 11.4. The van der Waals surface area contributed by atoms with Gasteiger partial charge in [-0.25, -0.2) is 4.98 Å². The predicted molar refractivity (Wildman–Crippen MR) is 123 cm³/mol. The number of carboxylic acid groups (broad SMARTS) is 1. The Morgan fingerprint density at radius 2 is 2.23 bits per heavy atom. The maximum Gasteiger partial charge on any atom is 0.304 e. The van der Waals surface area contributed by atoms with Crippen LogP contribution in [0.15, 0.2) is 40.9 Å². The van der Waals surface area contributed by atoms with Gasteiger partial charge in [-0.2, -0.15) is 0 Å². The summed E-state index contributed by atoms with van der Waals surface area (Å²) in [5, 5.41) is 12.8. The Bertz CT molecular complexity index is 889. The average molecular weight is 472 g/mol. The Labute approximate surface area is 187 Å². The van der Waals surface area contributed by atoms with Gasteiger partial charge in [0.2, 0.25) is 0 Å². The number of carboxylic acids is 1. The highest BCUT2D eigenvalue weighted by Gasteiger charge is 2.26. The van der Waals surface area contributed by atoms with E-state index in [9.17, 15) is 9.90 Å². The Balaban J connectivity index is 1.31. The molecular formula is C24H30BrN3O2. The molecule has 2 atom stereocenters. The van der Waals surface area contributed by atoms with Crippen LogP contribution >= 0.6 is 15.9 Å². The predicted octanol–water partition coefficient (Wildman–Crippen LogP) is 4.72. The summed E-state index contributed by atoms with van der Waals surface area (Å²) < 4.78 is 1.00. The van der Waals surface area contributed by atoms with Gasteiger partial charge in [0.15, 0.2) is 0 Å². The lowest BCUT2D eigenvalue weighted by Crippen LogP contribution is -2.28. The SMILES string of the molecule is O=C(O)C[C@H](CN1CC[C@@H](CCc2ccc3c(n2)NCCC3)C1)c1cccc(Br)c1. The van der Waals surface area contributed by atoms with Gasteiger partial charge in [-0.3, -0.25) is 4.79 Å². The summed E-state index contributed by atoms with van der Waals surface area (Å²) >= 11 is 3.51. The molecule has 2 aromatic rings. The minimum Gasteiger partial charge on any atom is -0.481 e. The molecule has 1 aromatic heterocycles. The largest absolute Gasteiger partial charge is 0.481 e. The molecule has 0 unspecified atom stereocenters. The second-order valence-electron chi connectivity index (χ2n) is 8.64. The Hall–Kier alpha value is -1.92. The molecule has 2 N–H and O–H groups in total. The summed E-state index contributed by atoms with van der Waals surface area (Å²) in [6, 6.07) is 12.5. The van der Waals surface area contributed by atoms with E-state index >= 15 is 0 Å². The zero-order valence-electron chi connectivity index (χ0n) is 17.3. The van der Waals surface area contributed by atoms with Crippen molar-refractivity contribution < 1.29 is 9.90 Å². The number of anilines is 1. The minimum atomic E-state index is -0.734. The Kier molecular flexibility index (Phi) is 7.05. The topological polar surface area (TPSA) is 65.5 Å². The van der Waals surface area contributed by atoms with E-state index < -0.39 is 5.97 Å². The third kappa shape index (κ3) is 5.61. The quantitative estimate of drug-likeness (QED) is 0.583. The van der Waals surface area contributed by atoms with Crippen LogP contribution in [0.1, 0.15) is 48.4 Å². The number of rotatable bonds is 8. The summed E-state index contributed by atoms with van der Waals surface area (Å²) in [6.07, 6.45) is 5.82. The number of halogens is 1. The molecule has 2 aliphatic rings. The van der Waals surface area contributed by atoms with Crippen molar-refractivity contribution in [2.24, 2.45) is 5.92 Å². The third-order valence-electron chi connectivity index (χ3n) is 6.35. The van der Waals surface area contributed by atoms with Crippen LogP contribution < -0.4 is 5.32 Å². The highest BCUT2D eigenvalue weighted by Crippen LogP contribution is 2.28. The smallest absolute Gasteiger partial charge is 0.304 e. The van der Waals surface area contributed by atoms with E-state index in [1.54, 1.807) is 0 Å². The number of nitrogens with zero attached hydrogens (tertiary/aromatic N) is 2. The van der Waals surface area contributed by atoms with Crippen molar-refractivity contribution in [1.82, 2.24) is 9.88 Å². The van der Waals surface area contributed by atoms with Crippen molar-refractivity contribution >= 4 is 27.7 Å². The molecule has 0 radical (unpaired) electrons. The Morgan fingerprint density at radius 3 is 3.07 bits per heavy atom. The van der Waals surface area contributed by atoms with Gasteiger partial charge < -0.3 is 15.3 Å². The van der Waals surface area contributed by atoms with Crippen LogP contribution in [0.3, 0.4) is 0 Å². The number of aliphatic carboxylic acids is 1. The molecule has 0 bridgehead atoms. The van der Waals surface area contributed by atoms with Gasteiger partial charge in [0.05, 0.1) is 6.42 Å². The number of hydrogen-bond donors (Lipinski definition) is 2. The number of benzene rings is 1. The number of nitrogens with one attached hydrogen (secondary N) is 1. The number of carbonyl (C=O) groups is 1. The van der Waals surface area contributed by atoms with Gasteiger partial charge in [-0.15, -0.1) is 0 Å². The zero-order chi connectivity index (χ0) is 20.9. The van der Waals surface area contributed by atoms with Crippen LogP contribution in [0.25, 0.3) is 0 Å². The molecule has 3 heterocycles. The summed E-state index contributed by atoms with van der Waals surface area (Å²) in [5.41, 5.74) is 3.62. The molecule has 2 aliphatic heterocycles.